The van der Waals surface area contributed by atoms with Crippen molar-refractivity contribution in [3.8, 4) is 32.6 Å². The minimum atomic E-state index is -3.32. The lowest BCUT2D eigenvalue weighted by atomic mass is 10.2. The number of rotatable bonds is 7. The maximum atomic E-state index is 11.9. The molecule has 164 valence electrons. The lowest BCUT2D eigenvalue weighted by Crippen LogP contribution is -2.10. The highest BCUT2D eigenvalue weighted by molar-refractivity contribution is 7.90. The molecule has 0 aliphatic carbocycles. The third-order valence-corrected chi connectivity index (χ3v) is 7.10. The van der Waals surface area contributed by atoms with Crippen LogP contribution in [0.25, 0.3) is 26.7 Å². The van der Waals surface area contributed by atoms with Gasteiger partial charge in [0.15, 0.2) is 16.4 Å². The molecule has 2 aromatic heterocycles. The Balaban J connectivity index is 1.78. The van der Waals surface area contributed by atoms with E-state index in [2.05, 4.69) is 5.10 Å². The van der Waals surface area contributed by atoms with Gasteiger partial charge in [-0.25, -0.2) is 17.9 Å². The second kappa shape index (κ2) is 8.78. The van der Waals surface area contributed by atoms with Crippen LogP contribution in [0.3, 0.4) is 0 Å². The Morgan fingerprint density at radius 1 is 1.09 bits per heavy atom. The Hall–Kier alpha value is -3.14. The van der Waals surface area contributed by atoms with E-state index < -0.39 is 22.4 Å². The molecule has 0 spiro atoms. The predicted molar refractivity (Wildman–Crippen MR) is 124 cm³/mol. The topological polar surface area (TPSA) is 98.5 Å². The fraction of sp³-hybridized carbons (Fsp3) is 0.0909. The maximum Gasteiger partial charge on any atom is 0.341 e. The van der Waals surface area contributed by atoms with E-state index in [1.54, 1.807) is 47.1 Å². The van der Waals surface area contributed by atoms with Crippen LogP contribution in [-0.2, 0) is 14.6 Å². The highest BCUT2D eigenvalue weighted by Gasteiger charge is 2.18. The minimum absolute atomic E-state index is 0.149. The average molecular weight is 489 g/mol. The van der Waals surface area contributed by atoms with Crippen molar-refractivity contribution in [2.24, 2.45) is 0 Å². The highest BCUT2D eigenvalue weighted by Crippen LogP contribution is 2.38. The monoisotopic (exact) mass is 488 g/mol. The molecule has 4 aromatic rings. The predicted octanol–water partition coefficient (Wildman–Crippen LogP) is 4.79. The molecule has 7 nitrogen and oxygen atoms in total. The highest BCUT2D eigenvalue weighted by atomic mass is 35.5. The Bertz CT molecular complexity index is 1410. The van der Waals surface area contributed by atoms with Crippen LogP contribution in [0.1, 0.15) is 0 Å². The summed E-state index contributed by atoms with van der Waals surface area (Å²) in [7, 11) is -3.32. The first-order valence-electron chi connectivity index (χ1n) is 9.32. The molecule has 2 aromatic carbocycles. The molecule has 2 heterocycles. The summed E-state index contributed by atoms with van der Waals surface area (Å²) in [5.41, 5.74) is 2.05. The van der Waals surface area contributed by atoms with Crippen LogP contribution in [0.4, 0.5) is 0 Å². The molecule has 0 amide bonds. The van der Waals surface area contributed by atoms with Gasteiger partial charge in [-0.15, -0.1) is 16.4 Å². The molecule has 32 heavy (non-hydrogen) atoms. The van der Waals surface area contributed by atoms with E-state index >= 15 is 0 Å². The molecule has 0 saturated carbocycles. The maximum absolute atomic E-state index is 11.9. The summed E-state index contributed by atoms with van der Waals surface area (Å²) in [6.07, 6.45) is 1.17. The largest absolute Gasteiger partial charge is 0.479 e. The number of carboxylic acid groups (broad SMARTS) is 1. The number of aliphatic carboxylic acids is 1. The van der Waals surface area contributed by atoms with Crippen LogP contribution in [-0.4, -0.2) is 42.1 Å². The van der Waals surface area contributed by atoms with E-state index in [1.165, 1.54) is 17.6 Å². The number of hydrogen-bond acceptors (Lipinski definition) is 6. The van der Waals surface area contributed by atoms with Crippen molar-refractivity contribution in [3.05, 3.63) is 71.8 Å². The molecule has 0 saturated heterocycles. The Labute approximate surface area is 193 Å². The van der Waals surface area contributed by atoms with Crippen molar-refractivity contribution in [2.45, 2.75) is 4.90 Å². The zero-order chi connectivity index (χ0) is 22.9. The number of carboxylic acids is 1. The lowest BCUT2D eigenvalue weighted by Gasteiger charge is -2.07. The van der Waals surface area contributed by atoms with Crippen LogP contribution < -0.4 is 4.74 Å². The number of nitrogens with zero attached hydrogens (tertiary/aromatic N) is 2. The van der Waals surface area contributed by atoms with Crippen molar-refractivity contribution in [3.63, 3.8) is 0 Å². The number of halogens is 1. The van der Waals surface area contributed by atoms with Gasteiger partial charge in [0.25, 0.3) is 0 Å². The third kappa shape index (κ3) is 4.69. The van der Waals surface area contributed by atoms with Gasteiger partial charge in [-0.3, -0.25) is 0 Å². The molecular weight excluding hydrogens is 472 g/mol. The standard InChI is InChI=1S/C22H17ClN2O5S2/c1-32(28,29)15-6-4-5-14(11-15)19-9-10-20(31-19)18-12-21(30-13-22(26)27)24-25(18)17-8-3-2-7-16(17)23/h2-12H,13H2,1H3,(H,26,27). The van der Waals surface area contributed by atoms with Gasteiger partial charge in [0.2, 0.25) is 5.88 Å². The zero-order valence-corrected chi connectivity index (χ0v) is 19.1. The van der Waals surface area contributed by atoms with Crippen molar-refractivity contribution in [2.75, 3.05) is 12.9 Å². The van der Waals surface area contributed by atoms with E-state index in [-0.39, 0.29) is 10.8 Å². The average Bonchev–Trinajstić information content (AvgIpc) is 3.39. The summed E-state index contributed by atoms with van der Waals surface area (Å²) >= 11 is 7.81. The Morgan fingerprint density at radius 3 is 2.56 bits per heavy atom. The molecular formula is C22H17ClN2O5S2. The van der Waals surface area contributed by atoms with Crippen molar-refractivity contribution < 1.29 is 23.1 Å². The molecule has 1 N–H and O–H groups in total. The number of thiophene rings is 1. The SMILES string of the molecule is CS(=O)(=O)c1cccc(-c2ccc(-c3cc(OCC(=O)O)nn3-c3ccccc3Cl)s2)c1. The van der Waals surface area contributed by atoms with Crippen LogP contribution in [0, 0.1) is 0 Å². The van der Waals surface area contributed by atoms with E-state index in [0.29, 0.717) is 16.4 Å². The van der Waals surface area contributed by atoms with Crippen molar-refractivity contribution in [1.82, 2.24) is 9.78 Å². The number of benzene rings is 2. The molecule has 10 heteroatoms. The number of carbonyl (C=O) groups is 1. The summed E-state index contributed by atoms with van der Waals surface area (Å²) in [5, 5.41) is 13.8. The summed E-state index contributed by atoms with van der Waals surface area (Å²) in [6, 6.07) is 19.3. The molecule has 0 unspecified atom stereocenters. The van der Waals surface area contributed by atoms with Crippen LogP contribution in [0.5, 0.6) is 5.88 Å². The summed E-state index contributed by atoms with van der Waals surface area (Å²) in [5.74, 6) is -0.959. The molecule has 0 fully saturated rings. The smallest absolute Gasteiger partial charge is 0.341 e. The summed E-state index contributed by atoms with van der Waals surface area (Å²) < 4.78 is 30.7. The first kappa shape index (κ1) is 22.1. The normalized spacial score (nSPS) is 11.4. The number of hydrogen-bond donors (Lipinski definition) is 1. The van der Waals surface area contributed by atoms with Gasteiger partial charge in [0.05, 0.1) is 26.2 Å². The fourth-order valence-corrected chi connectivity index (χ4v) is 4.95. The number of aromatic nitrogens is 2. The van der Waals surface area contributed by atoms with Gasteiger partial charge in [0.1, 0.15) is 0 Å². The lowest BCUT2D eigenvalue weighted by molar-refractivity contribution is -0.139. The van der Waals surface area contributed by atoms with Gasteiger partial charge in [-0.2, -0.15) is 0 Å². The Kier molecular flexibility index (Phi) is 6.05. The second-order valence-electron chi connectivity index (χ2n) is 6.88. The van der Waals surface area contributed by atoms with Crippen LogP contribution >= 0.6 is 22.9 Å². The van der Waals surface area contributed by atoms with Gasteiger partial charge >= 0.3 is 5.97 Å². The number of sulfone groups is 1. The van der Waals surface area contributed by atoms with Crippen LogP contribution in [0.15, 0.2) is 71.6 Å². The molecule has 4 rings (SSSR count). The second-order valence-corrected chi connectivity index (χ2v) is 10.4. The van der Waals surface area contributed by atoms with E-state index in [0.717, 1.165) is 15.3 Å². The van der Waals surface area contributed by atoms with Crippen molar-refractivity contribution in [1.29, 1.82) is 0 Å². The first-order valence-corrected chi connectivity index (χ1v) is 12.4. The van der Waals surface area contributed by atoms with E-state index in [4.69, 9.17) is 21.4 Å². The Morgan fingerprint density at radius 2 is 1.84 bits per heavy atom. The van der Waals surface area contributed by atoms with Gasteiger partial charge in [0, 0.05) is 17.2 Å². The van der Waals surface area contributed by atoms with E-state index in [1.807, 2.05) is 24.3 Å². The molecule has 0 aliphatic rings. The molecule has 0 radical (unpaired) electrons. The quantitative estimate of drug-likeness (QED) is 0.401. The van der Waals surface area contributed by atoms with Crippen LogP contribution in [0.2, 0.25) is 5.02 Å². The molecule has 0 atom stereocenters. The van der Waals surface area contributed by atoms with Gasteiger partial charge < -0.3 is 9.84 Å². The van der Waals surface area contributed by atoms with Crippen molar-refractivity contribution >= 4 is 38.7 Å². The summed E-state index contributed by atoms with van der Waals surface area (Å²) in [4.78, 5) is 12.8. The fourth-order valence-electron chi connectivity index (χ4n) is 3.06. The molecule has 0 bridgehead atoms. The minimum Gasteiger partial charge on any atom is -0.479 e. The van der Waals surface area contributed by atoms with E-state index in [9.17, 15) is 13.2 Å². The third-order valence-electron chi connectivity index (χ3n) is 4.52. The van der Waals surface area contributed by atoms with Gasteiger partial charge in [-0.1, -0.05) is 35.9 Å². The summed E-state index contributed by atoms with van der Waals surface area (Å²) in [6.45, 7) is -0.521. The number of ether oxygens (including phenoxy) is 1. The van der Waals surface area contributed by atoms with Gasteiger partial charge in [-0.05, 0) is 42.0 Å². The zero-order valence-electron chi connectivity index (χ0n) is 16.7. The molecule has 0 aliphatic heterocycles. The number of para-hydroxylation sites is 1. The first-order chi connectivity index (χ1) is 15.2.